The molecule has 1 N–H and O–H groups in total. The maximum absolute atomic E-state index is 12.9. The Kier molecular flexibility index (Phi) is 5.46. The lowest BCUT2D eigenvalue weighted by Gasteiger charge is -2.16. The number of nitrogens with one attached hydrogen (secondary N) is 1. The van der Waals surface area contributed by atoms with E-state index in [1.54, 1.807) is 0 Å². The fourth-order valence-corrected chi connectivity index (χ4v) is 3.83. The molecule has 1 heterocycles. The fraction of sp³-hybridized carbons (Fsp3) is 0.571. The third-order valence-electron chi connectivity index (χ3n) is 3.62. The van der Waals surface area contributed by atoms with Gasteiger partial charge in [0.2, 0.25) is 10.0 Å². The monoisotopic (exact) mass is 336 g/mol. The van der Waals surface area contributed by atoms with Crippen molar-refractivity contribution in [3.8, 4) is 0 Å². The molecule has 1 aliphatic heterocycles. The summed E-state index contributed by atoms with van der Waals surface area (Å²) in [5.74, 6) is 0. The van der Waals surface area contributed by atoms with Gasteiger partial charge in [-0.15, -0.1) is 0 Å². The van der Waals surface area contributed by atoms with Crippen LogP contribution in [0.5, 0.6) is 0 Å². The van der Waals surface area contributed by atoms with Crippen molar-refractivity contribution in [2.24, 2.45) is 0 Å². The molecule has 1 saturated heterocycles. The van der Waals surface area contributed by atoms with E-state index in [0.29, 0.717) is 6.42 Å². The second-order valence-corrected chi connectivity index (χ2v) is 7.03. The summed E-state index contributed by atoms with van der Waals surface area (Å²) in [7, 11) is -4.16. The van der Waals surface area contributed by atoms with Crippen LogP contribution in [0.15, 0.2) is 29.2 Å². The number of nitrogens with zero attached hydrogens (tertiary/aromatic N) is 1. The second kappa shape index (κ2) is 6.97. The minimum atomic E-state index is -4.69. The summed E-state index contributed by atoms with van der Waals surface area (Å²) in [5.41, 5.74) is -1.14. The summed E-state index contributed by atoms with van der Waals surface area (Å²) >= 11 is 0. The van der Waals surface area contributed by atoms with Gasteiger partial charge in [-0.3, -0.25) is 0 Å². The molecule has 0 bridgehead atoms. The molecule has 0 spiro atoms. The Hall–Kier alpha value is -1.12. The van der Waals surface area contributed by atoms with Crippen molar-refractivity contribution in [1.82, 2.24) is 9.62 Å². The van der Waals surface area contributed by atoms with Crippen molar-refractivity contribution in [2.45, 2.75) is 30.3 Å². The van der Waals surface area contributed by atoms with Crippen LogP contribution in [0.1, 0.15) is 24.8 Å². The first kappa shape index (κ1) is 17.2. The molecule has 8 heteroatoms. The Bertz CT molecular complexity index is 596. The van der Waals surface area contributed by atoms with E-state index in [4.69, 9.17) is 0 Å². The molecule has 0 aromatic heterocycles. The van der Waals surface area contributed by atoms with Crippen molar-refractivity contribution in [3.05, 3.63) is 29.8 Å². The highest BCUT2D eigenvalue weighted by Crippen LogP contribution is 2.33. The first-order valence-corrected chi connectivity index (χ1v) is 8.67. The van der Waals surface area contributed by atoms with Gasteiger partial charge >= 0.3 is 6.18 Å². The maximum atomic E-state index is 12.9. The third kappa shape index (κ3) is 4.44. The van der Waals surface area contributed by atoms with E-state index in [1.165, 1.54) is 12.1 Å². The first-order valence-electron chi connectivity index (χ1n) is 7.19. The van der Waals surface area contributed by atoms with Crippen molar-refractivity contribution in [2.75, 3.05) is 26.2 Å². The highest BCUT2D eigenvalue weighted by molar-refractivity contribution is 7.89. The third-order valence-corrected chi connectivity index (χ3v) is 5.14. The van der Waals surface area contributed by atoms with Crippen molar-refractivity contribution in [1.29, 1.82) is 0 Å². The van der Waals surface area contributed by atoms with Gasteiger partial charge in [-0.2, -0.15) is 13.2 Å². The fourth-order valence-electron chi connectivity index (χ4n) is 2.53. The number of alkyl halides is 3. The summed E-state index contributed by atoms with van der Waals surface area (Å²) in [6.07, 6.45) is -1.83. The van der Waals surface area contributed by atoms with Gasteiger partial charge in [-0.05, 0) is 51.0 Å². The van der Waals surface area contributed by atoms with Gasteiger partial charge in [0.25, 0.3) is 0 Å². The maximum Gasteiger partial charge on any atom is 0.417 e. The van der Waals surface area contributed by atoms with Crippen LogP contribution in [-0.4, -0.2) is 39.5 Å². The Morgan fingerprint density at radius 3 is 2.41 bits per heavy atom. The number of rotatable bonds is 6. The van der Waals surface area contributed by atoms with Crippen molar-refractivity contribution in [3.63, 3.8) is 0 Å². The molecule has 0 saturated carbocycles. The van der Waals surface area contributed by atoms with E-state index < -0.39 is 26.7 Å². The molecule has 4 nitrogen and oxygen atoms in total. The summed E-state index contributed by atoms with van der Waals surface area (Å²) < 4.78 is 65.0. The van der Waals surface area contributed by atoms with E-state index in [2.05, 4.69) is 9.62 Å². The lowest BCUT2D eigenvalue weighted by molar-refractivity contribution is -0.139. The summed E-state index contributed by atoms with van der Waals surface area (Å²) in [6, 6.07) is 4.22. The van der Waals surface area contributed by atoms with Crippen LogP contribution in [0.3, 0.4) is 0 Å². The van der Waals surface area contributed by atoms with Crippen LogP contribution in [0.25, 0.3) is 0 Å². The van der Waals surface area contributed by atoms with E-state index >= 15 is 0 Å². The van der Waals surface area contributed by atoms with Gasteiger partial charge in [0.05, 0.1) is 10.5 Å². The molecule has 0 aliphatic carbocycles. The molecule has 1 aromatic carbocycles. The number of halogens is 3. The molecule has 0 amide bonds. The van der Waals surface area contributed by atoms with Crippen LogP contribution in [0.2, 0.25) is 0 Å². The Morgan fingerprint density at radius 1 is 1.14 bits per heavy atom. The molecule has 2 rings (SSSR count). The summed E-state index contributed by atoms with van der Waals surface area (Å²) in [6.45, 7) is 2.89. The molecule has 1 aromatic rings. The van der Waals surface area contributed by atoms with E-state index in [9.17, 15) is 21.6 Å². The normalized spacial score (nSPS) is 17.0. The molecule has 22 heavy (non-hydrogen) atoms. The van der Waals surface area contributed by atoms with Crippen LogP contribution >= 0.6 is 0 Å². The molecule has 0 atom stereocenters. The standard InChI is InChI=1S/C14H19F3N2O2S/c15-14(16,17)12-6-1-2-7-13(12)22(20,21)18-8-5-11-19-9-3-4-10-19/h1-2,6-7,18H,3-5,8-11H2. The van der Waals surface area contributed by atoms with Gasteiger partial charge in [-0.1, -0.05) is 12.1 Å². The van der Waals surface area contributed by atoms with Crippen molar-refractivity contribution < 1.29 is 21.6 Å². The molecule has 0 radical (unpaired) electrons. The lowest BCUT2D eigenvalue weighted by Crippen LogP contribution is -2.30. The molecule has 0 unspecified atom stereocenters. The van der Waals surface area contributed by atoms with E-state index in [-0.39, 0.29) is 6.54 Å². The van der Waals surface area contributed by atoms with Gasteiger partial charge in [0, 0.05) is 6.54 Å². The minimum absolute atomic E-state index is 0.130. The number of sulfonamides is 1. The highest BCUT2D eigenvalue weighted by atomic mass is 32.2. The highest BCUT2D eigenvalue weighted by Gasteiger charge is 2.36. The zero-order valence-electron chi connectivity index (χ0n) is 12.1. The van der Waals surface area contributed by atoms with Crippen LogP contribution in [-0.2, 0) is 16.2 Å². The van der Waals surface area contributed by atoms with Gasteiger partial charge < -0.3 is 4.90 Å². The Labute approximate surface area is 128 Å². The predicted octanol–water partition coefficient (Wildman–Crippen LogP) is 2.47. The first-order chi connectivity index (χ1) is 10.3. The van der Waals surface area contributed by atoms with Crippen LogP contribution in [0.4, 0.5) is 13.2 Å². The Balaban J connectivity index is 1.98. The van der Waals surface area contributed by atoms with E-state index in [1.807, 2.05) is 0 Å². The molecule has 1 fully saturated rings. The molecular formula is C14H19F3N2O2S. The van der Waals surface area contributed by atoms with Gasteiger partial charge in [-0.25, -0.2) is 13.1 Å². The molecular weight excluding hydrogens is 317 g/mol. The number of likely N-dealkylation sites (tertiary alicyclic amines) is 1. The largest absolute Gasteiger partial charge is 0.417 e. The number of hydrogen-bond donors (Lipinski definition) is 1. The Morgan fingerprint density at radius 2 is 1.77 bits per heavy atom. The average molecular weight is 336 g/mol. The summed E-state index contributed by atoms with van der Waals surface area (Å²) in [5, 5.41) is 0. The quantitative estimate of drug-likeness (QED) is 0.812. The smallest absolute Gasteiger partial charge is 0.303 e. The van der Waals surface area contributed by atoms with Crippen LogP contribution in [0, 0.1) is 0 Å². The molecule has 124 valence electrons. The summed E-state index contributed by atoms with van der Waals surface area (Å²) in [4.78, 5) is 1.50. The minimum Gasteiger partial charge on any atom is -0.303 e. The average Bonchev–Trinajstić information content (AvgIpc) is 2.96. The number of benzene rings is 1. The van der Waals surface area contributed by atoms with Gasteiger partial charge in [0.1, 0.15) is 0 Å². The predicted molar refractivity (Wildman–Crippen MR) is 76.9 cm³/mol. The SMILES string of the molecule is O=S(=O)(NCCCN1CCCC1)c1ccccc1C(F)(F)F. The zero-order chi connectivity index (χ0) is 16.2. The molecule has 1 aliphatic rings. The zero-order valence-corrected chi connectivity index (χ0v) is 12.9. The van der Waals surface area contributed by atoms with E-state index in [0.717, 1.165) is 44.6 Å². The lowest BCUT2D eigenvalue weighted by atomic mass is 10.2. The van der Waals surface area contributed by atoms with Crippen molar-refractivity contribution >= 4 is 10.0 Å². The number of hydrogen-bond acceptors (Lipinski definition) is 3. The second-order valence-electron chi connectivity index (χ2n) is 5.29. The van der Waals surface area contributed by atoms with Gasteiger partial charge in [0.15, 0.2) is 0 Å². The topological polar surface area (TPSA) is 49.4 Å². The van der Waals surface area contributed by atoms with Crippen LogP contribution < -0.4 is 4.72 Å².